The highest BCUT2D eigenvalue weighted by atomic mass is 32.5. The third kappa shape index (κ3) is 7.78. The van der Waals surface area contributed by atoms with E-state index in [0.717, 1.165) is 0 Å². The number of fused-ring (bicyclic) bond motifs is 1. The van der Waals surface area contributed by atoms with Crippen LogP contribution >= 0.6 is 6.64 Å². The molecule has 6 unspecified atom stereocenters. The lowest BCUT2D eigenvalue weighted by Crippen LogP contribution is -2.42. The Morgan fingerprint density at radius 2 is 2.02 bits per heavy atom. The Hall–Kier alpha value is -2.94. The molecule has 1 fully saturated rings. The number of hydrogen-bond donors (Lipinski definition) is 3. The first-order valence-electron chi connectivity index (χ1n) is 13.7. The molecule has 3 heterocycles. The predicted molar refractivity (Wildman–Crippen MR) is 161 cm³/mol. The second-order valence-electron chi connectivity index (χ2n) is 11.5. The number of aliphatic hydroxyl groups is 1. The van der Waals surface area contributed by atoms with Crippen molar-refractivity contribution in [2.24, 2.45) is 5.41 Å². The van der Waals surface area contributed by atoms with Crippen LogP contribution in [0.15, 0.2) is 36.7 Å². The minimum atomic E-state index is -3.49. The van der Waals surface area contributed by atoms with E-state index < -0.39 is 49.4 Å². The van der Waals surface area contributed by atoms with Gasteiger partial charge in [0.15, 0.2) is 23.6 Å². The molecule has 16 heteroatoms. The summed E-state index contributed by atoms with van der Waals surface area (Å²) in [6, 6.07) is 7.74. The summed E-state index contributed by atoms with van der Waals surface area (Å²) in [6.07, 6.45) is -3.13. The molecule has 0 aliphatic carbocycles. The minimum Gasteiger partial charge on any atom is -0.476 e. The lowest BCUT2D eigenvalue weighted by Gasteiger charge is -2.28. The molecule has 0 spiro atoms. The van der Waals surface area contributed by atoms with Crippen LogP contribution in [0.5, 0.6) is 11.6 Å². The third-order valence-electron chi connectivity index (χ3n) is 6.36. The van der Waals surface area contributed by atoms with E-state index in [-0.39, 0.29) is 35.0 Å². The lowest BCUT2D eigenvalue weighted by molar-refractivity contribution is -0.148. The van der Waals surface area contributed by atoms with Gasteiger partial charge in [-0.2, -0.15) is 9.97 Å². The maximum absolute atomic E-state index is 15.8. The Morgan fingerprint density at radius 1 is 1.33 bits per heavy atom. The normalized spacial score (nSPS) is 24.4. The Morgan fingerprint density at radius 3 is 2.67 bits per heavy atom. The maximum Gasteiger partial charge on any atom is 0.323 e. The van der Waals surface area contributed by atoms with Gasteiger partial charge in [-0.1, -0.05) is 39.0 Å². The van der Waals surface area contributed by atoms with E-state index in [1.54, 1.807) is 44.2 Å². The van der Waals surface area contributed by atoms with Crippen molar-refractivity contribution in [1.82, 2.24) is 24.6 Å². The zero-order valence-electron chi connectivity index (χ0n) is 24.9. The Bertz CT molecular complexity index is 1470. The van der Waals surface area contributed by atoms with Crippen LogP contribution in [-0.4, -0.2) is 74.3 Å². The third-order valence-corrected chi connectivity index (χ3v) is 8.86. The summed E-state index contributed by atoms with van der Waals surface area (Å²) in [5.74, 6) is -0.104. The first-order chi connectivity index (χ1) is 20.1. The van der Waals surface area contributed by atoms with Crippen molar-refractivity contribution < 1.29 is 37.5 Å². The summed E-state index contributed by atoms with van der Waals surface area (Å²) in [5, 5.41) is 14.2. The highest BCUT2D eigenvalue weighted by Crippen LogP contribution is 2.48. The van der Waals surface area contributed by atoms with Crippen LogP contribution < -0.4 is 20.1 Å². The molecule has 1 aromatic carbocycles. The molecule has 236 valence electrons. The summed E-state index contributed by atoms with van der Waals surface area (Å²) in [6.45, 7) is 7.05. The molecular formula is C27H38FN6O7PS. The minimum absolute atomic E-state index is 0.0907. The molecule has 1 aliphatic rings. The van der Waals surface area contributed by atoms with E-state index in [2.05, 4.69) is 20.0 Å². The van der Waals surface area contributed by atoms with Crippen LogP contribution in [0, 0.1) is 5.41 Å². The number of imidazole rings is 1. The Labute approximate surface area is 254 Å². The number of carbonyl (C=O) groups excluding carboxylic acids is 1. The van der Waals surface area contributed by atoms with Gasteiger partial charge in [-0.25, -0.2) is 14.5 Å². The van der Waals surface area contributed by atoms with Crippen molar-refractivity contribution in [2.75, 3.05) is 25.6 Å². The van der Waals surface area contributed by atoms with E-state index in [0.29, 0.717) is 12.4 Å². The van der Waals surface area contributed by atoms with Crippen molar-refractivity contribution in [3.63, 3.8) is 0 Å². The molecule has 13 nitrogen and oxygen atoms in total. The molecule has 1 saturated heterocycles. The zero-order chi connectivity index (χ0) is 31.6. The molecule has 4 rings (SSSR count). The maximum atomic E-state index is 15.8. The van der Waals surface area contributed by atoms with Gasteiger partial charge in [-0.05, 0) is 50.1 Å². The summed E-state index contributed by atoms with van der Waals surface area (Å²) in [7, 11) is 0. The van der Waals surface area contributed by atoms with Gasteiger partial charge in [0.05, 0.1) is 26.1 Å². The molecule has 6 atom stereocenters. The predicted octanol–water partition coefficient (Wildman–Crippen LogP) is 3.68. The Kier molecular flexibility index (Phi) is 9.94. The van der Waals surface area contributed by atoms with Crippen molar-refractivity contribution in [3.8, 4) is 11.6 Å². The summed E-state index contributed by atoms with van der Waals surface area (Å²) in [4.78, 5) is 25.3. The quantitative estimate of drug-likeness (QED) is 0.194. The second-order valence-corrected chi connectivity index (χ2v) is 14.7. The van der Waals surface area contributed by atoms with E-state index in [1.807, 2.05) is 20.8 Å². The van der Waals surface area contributed by atoms with Gasteiger partial charge >= 0.3 is 12.6 Å². The molecule has 0 saturated carbocycles. The average molecular weight is 641 g/mol. The van der Waals surface area contributed by atoms with Crippen LogP contribution in [0.2, 0.25) is 0 Å². The van der Waals surface area contributed by atoms with Crippen molar-refractivity contribution >= 4 is 41.5 Å². The fourth-order valence-electron chi connectivity index (χ4n) is 4.26. The number of hydrogen-bond acceptors (Lipinski definition) is 12. The lowest BCUT2D eigenvalue weighted by atomic mass is 9.98. The van der Waals surface area contributed by atoms with Crippen molar-refractivity contribution in [1.29, 1.82) is 0 Å². The number of aromatic nitrogens is 4. The van der Waals surface area contributed by atoms with E-state index in [1.165, 1.54) is 17.8 Å². The molecule has 43 heavy (non-hydrogen) atoms. The van der Waals surface area contributed by atoms with Gasteiger partial charge in [0, 0.05) is 0 Å². The smallest absolute Gasteiger partial charge is 0.323 e. The molecule has 4 N–H and O–H groups in total. The number of benzene rings is 1. The number of nitrogens with two attached hydrogens (primary N) is 1. The standard InChI is InChI=1S/C27H38FN6O7PS/c1-7-37-22-19-21(31-25(29)32-22)34(15-30-19)24-27(6,36)20(28)18(40-24)13-39-42(43,41-17-11-9-8-10-12-17)33-16(2)23(35)38-14-26(3,4)5/h8-12,15-16,18,20,24,36H,7,13-14H2,1-6H3,(H,33,43)(H2,29,31,32). The number of carbonyl (C=O) groups is 1. The summed E-state index contributed by atoms with van der Waals surface area (Å²) >= 11 is 5.74. The average Bonchev–Trinajstić information content (AvgIpc) is 3.44. The number of halogens is 1. The highest BCUT2D eigenvalue weighted by molar-refractivity contribution is 8.09. The van der Waals surface area contributed by atoms with Crippen LogP contribution in [0.1, 0.15) is 47.8 Å². The van der Waals surface area contributed by atoms with Crippen molar-refractivity contribution in [2.45, 2.75) is 71.7 Å². The fraction of sp³-hybridized carbons (Fsp3) is 0.556. The highest BCUT2D eigenvalue weighted by Gasteiger charge is 2.55. The van der Waals surface area contributed by atoms with E-state index in [4.69, 9.17) is 40.8 Å². The molecule has 0 bridgehead atoms. The van der Waals surface area contributed by atoms with Gasteiger partial charge in [0.25, 0.3) is 0 Å². The van der Waals surface area contributed by atoms with Gasteiger partial charge in [-0.15, -0.1) is 0 Å². The Balaban J connectivity index is 1.54. The SMILES string of the molecule is CCOc1nc(N)nc2c1ncn2C1OC(COP(=S)(NC(C)C(=O)OCC(C)(C)C)Oc2ccccc2)C(F)C1(C)O. The number of esters is 1. The van der Waals surface area contributed by atoms with Gasteiger partial charge in [-0.3, -0.25) is 9.36 Å². The first kappa shape index (κ1) is 33.0. The number of nitrogens with zero attached hydrogens (tertiary/aromatic N) is 4. The number of nitrogens with one attached hydrogen (secondary N) is 1. The fourth-order valence-corrected chi connectivity index (χ4v) is 6.67. The van der Waals surface area contributed by atoms with Gasteiger partial charge in [0.1, 0.15) is 23.5 Å². The van der Waals surface area contributed by atoms with Gasteiger partial charge < -0.3 is 34.1 Å². The summed E-state index contributed by atoms with van der Waals surface area (Å²) < 4.78 is 46.0. The van der Waals surface area contributed by atoms with E-state index >= 15 is 4.39 Å². The summed E-state index contributed by atoms with van der Waals surface area (Å²) in [5.41, 5.74) is 4.05. The second kappa shape index (κ2) is 13.0. The molecular weight excluding hydrogens is 602 g/mol. The van der Waals surface area contributed by atoms with Gasteiger partial charge in [0.2, 0.25) is 11.8 Å². The molecule has 1 aliphatic heterocycles. The molecule has 3 aromatic rings. The molecule has 0 amide bonds. The zero-order valence-corrected chi connectivity index (χ0v) is 26.6. The van der Waals surface area contributed by atoms with Crippen LogP contribution in [-0.2, 0) is 30.6 Å². The number of ether oxygens (including phenoxy) is 3. The number of nitrogen functional groups attached to an aromatic ring is 1. The molecule has 0 radical (unpaired) electrons. The van der Waals surface area contributed by atoms with Crippen LogP contribution in [0.4, 0.5) is 10.3 Å². The largest absolute Gasteiger partial charge is 0.476 e. The van der Waals surface area contributed by atoms with Crippen LogP contribution in [0.3, 0.4) is 0 Å². The number of para-hydroxylation sites is 1. The first-order valence-corrected chi connectivity index (χ1v) is 16.4. The van der Waals surface area contributed by atoms with Crippen LogP contribution in [0.25, 0.3) is 11.2 Å². The monoisotopic (exact) mass is 640 g/mol. The van der Waals surface area contributed by atoms with E-state index in [9.17, 15) is 9.90 Å². The van der Waals surface area contributed by atoms with Crippen molar-refractivity contribution in [3.05, 3.63) is 36.7 Å². The number of anilines is 1. The number of rotatable bonds is 12. The molecule has 2 aromatic heterocycles. The topological polar surface area (TPSA) is 165 Å². The number of alkyl halides is 1.